The van der Waals surface area contributed by atoms with Gasteiger partial charge in [-0.15, -0.1) is 0 Å². The Morgan fingerprint density at radius 2 is 2.00 bits per heavy atom. The zero-order chi connectivity index (χ0) is 13.7. The Balaban J connectivity index is 2.10. The molecule has 0 amide bonds. The molecule has 100 valence electrons. The Labute approximate surface area is 119 Å². The van der Waals surface area contributed by atoms with Gasteiger partial charge in [-0.1, -0.05) is 41.4 Å². The van der Waals surface area contributed by atoms with Gasteiger partial charge in [0.1, 0.15) is 12.4 Å². The molecule has 2 rings (SSSR count). The van der Waals surface area contributed by atoms with E-state index in [0.717, 1.165) is 28.3 Å². The zero-order valence-corrected chi connectivity index (χ0v) is 11.8. The summed E-state index contributed by atoms with van der Waals surface area (Å²) in [5.41, 5.74) is 9.07. The van der Waals surface area contributed by atoms with Gasteiger partial charge in [-0.3, -0.25) is 0 Å². The molecule has 0 radical (unpaired) electrons. The number of ether oxygens (including phenoxy) is 1. The van der Waals surface area contributed by atoms with Crippen LogP contribution in [0.3, 0.4) is 0 Å². The number of benzene rings is 2. The number of nitrogens with two attached hydrogens (primary N) is 1. The van der Waals surface area contributed by atoms with Gasteiger partial charge in [0.15, 0.2) is 0 Å². The van der Waals surface area contributed by atoms with E-state index in [-0.39, 0.29) is 0 Å². The van der Waals surface area contributed by atoms with Crippen molar-refractivity contribution in [2.45, 2.75) is 20.0 Å². The van der Waals surface area contributed by atoms with Gasteiger partial charge in [-0.25, -0.2) is 0 Å². The van der Waals surface area contributed by atoms with Crippen LogP contribution in [0.4, 0.5) is 0 Å². The van der Waals surface area contributed by atoms with Crippen LogP contribution in [-0.2, 0) is 13.0 Å². The number of aryl methyl sites for hydroxylation is 1. The van der Waals surface area contributed by atoms with Crippen molar-refractivity contribution in [2.75, 3.05) is 6.54 Å². The number of hydrogen-bond donors (Lipinski definition) is 1. The van der Waals surface area contributed by atoms with Crippen LogP contribution in [0.2, 0.25) is 5.02 Å². The zero-order valence-electron chi connectivity index (χ0n) is 11.0. The van der Waals surface area contributed by atoms with Crippen LogP contribution in [0.1, 0.15) is 16.7 Å². The van der Waals surface area contributed by atoms with Gasteiger partial charge < -0.3 is 10.5 Å². The maximum Gasteiger partial charge on any atom is 0.123 e. The number of halogens is 1. The maximum atomic E-state index is 5.96. The molecule has 0 saturated heterocycles. The molecule has 0 fully saturated rings. The summed E-state index contributed by atoms with van der Waals surface area (Å²) in [4.78, 5) is 0. The second-order valence-corrected chi connectivity index (χ2v) is 5.00. The molecule has 19 heavy (non-hydrogen) atoms. The van der Waals surface area contributed by atoms with Crippen LogP contribution >= 0.6 is 11.6 Å². The lowest BCUT2D eigenvalue weighted by Gasteiger charge is -2.12. The van der Waals surface area contributed by atoms with Crippen molar-refractivity contribution in [2.24, 2.45) is 5.73 Å². The van der Waals surface area contributed by atoms with Gasteiger partial charge >= 0.3 is 0 Å². The Morgan fingerprint density at radius 1 is 1.16 bits per heavy atom. The molecule has 0 aliphatic heterocycles. The SMILES string of the molecule is Cc1ccc(OCc2cccc(Cl)c2)c(CCN)c1. The topological polar surface area (TPSA) is 35.2 Å². The minimum Gasteiger partial charge on any atom is -0.489 e. The van der Waals surface area contributed by atoms with E-state index in [2.05, 4.69) is 13.0 Å². The third-order valence-corrected chi connectivity index (χ3v) is 3.15. The lowest BCUT2D eigenvalue weighted by atomic mass is 10.1. The summed E-state index contributed by atoms with van der Waals surface area (Å²) < 4.78 is 5.87. The highest BCUT2D eigenvalue weighted by Crippen LogP contribution is 2.22. The van der Waals surface area contributed by atoms with Gasteiger partial charge in [-0.2, -0.15) is 0 Å². The van der Waals surface area contributed by atoms with Crippen molar-refractivity contribution in [1.82, 2.24) is 0 Å². The molecular weight excluding hydrogens is 258 g/mol. The van der Waals surface area contributed by atoms with E-state index in [1.807, 2.05) is 36.4 Å². The second-order valence-electron chi connectivity index (χ2n) is 4.57. The van der Waals surface area contributed by atoms with E-state index in [4.69, 9.17) is 22.1 Å². The Morgan fingerprint density at radius 3 is 2.74 bits per heavy atom. The second kappa shape index (κ2) is 6.60. The van der Waals surface area contributed by atoms with E-state index in [9.17, 15) is 0 Å². The smallest absolute Gasteiger partial charge is 0.123 e. The summed E-state index contributed by atoms with van der Waals surface area (Å²) in [6.45, 7) is 3.21. The summed E-state index contributed by atoms with van der Waals surface area (Å²) in [5, 5.41) is 0.729. The highest BCUT2D eigenvalue weighted by molar-refractivity contribution is 6.30. The third-order valence-electron chi connectivity index (χ3n) is 2.91. The number of rotatable bonds is 5. The molecule has 0 spiro atoms. The van der Waals surface area contributed by atoms with E-state index in [0.29, 0.717) is 13.2 Å². The van der Waals surface area contributed by atoms with Gasteiger partial charge in [-0.05, 0) is 49.2 Å². The molecule has 0 bridgehead atoms. The first-order valence-electron chi connectivity index (χ1n) is 6.36. The van der Waals surface area contributed by atoms with Gasteiger partial charge in [0.2, 0.25) is 0 Å². The predicted octanol–water partition coefficient (Wildman–Crippen LogP) is 3.73. The summed E-state index contributed by atoms with van der Waals surface area (Å²) >= 11 is 5.96. The van der Waals surface area contributed by atoms with Crippen molar-refractivity contribution in [3.05, 3.63) is 64.2 Å². The van der Waals surface area contributed by atoms with E-state index in [1.54, 1.807) is 0 Å². The Kier molecular flexibility index (Phi) is 4.83. The molecule has 3 heteroatoms. The Hall–Kier alpha value is -1.51. The van der Waals surface area contributed by atoms with Crippen LogP contribution in [0.15, 0.2) is 42.5 Å². The van der Waals surface area contributed by atoms with E-state index >= 15 is 0 Å². The van der Waals surface area contributed by atoms with Crippen molar-refractivity contribution in [3.8, 4) is 5.75 Å². The van der Waals surface area contributed by atoms with Crippen molar-refractivity contribution in [1.29, 1.82) is 0 Å². The minimum atomic E-state index is 0.515. The van der Waals surface area contributed by atoms with Crippen LogP contribution in [-0.4, -0.2) is 6.54 Å². The molecule has 0 aliphatic carbocycles. The fraction of sp³-hybridized carbons (Fsp3) is 0.250. The molecule has 2 aromatic carbocycles. The summed E-state index contributed by atoms with van der Waals surface area (Å²) in [7, 11) is 0. The van der Waals surface area contributed by atoms with Crippen LogP contribution < -0.4 is 10.5 Å². The quantitative estimate of drug-likeness (QED) is 0.902. The first-order chi connectivity index (χ1) is 9.19. The highest BCUT2D eigenvalue weighted by Gasteiger charge is 2.04. The van der Waals surface area contributed by atoms with Crippen LogP contribution in [0.5, 0.6) is 5.75 Å². The van der Waals surface area contributed by atoms with Crippen molar-refractivity contribution >= 4 is 11.6 Å². The first-order valence-corrected chi connectivity index (χ1v) is 6.73. The molecule has 0 saturated carbocycles. The van der Waals surface area contributed by atoms with Crippen LogP contribution in [0, 0.1) is 6.92 Å². The molecule has 2 nitrogen and oxygen atoms in total. The molecule has 0 aliphatic rings. The Bertz CT molecular complexity index is 554. The molecule has 0 atom stereocenters. The largest absolute Gasteiger partial charge is 0.489 e. The summed E-state index contributed by atoms with van der Waals surface area (Å²) in [6, 6.07) is 13.9. The molecular formula is C16H18ClNO. The molecule has 2 aromatic rings. The standard InChI is InChI=1S/C16H18ClNO/c1-12-5-6-16(14(9-12)7-8-18)19-11-13-3-2-4-15(17)10-13/h2-6,9-10H,7-8,11,18H2,1H3. The average Bonchev–Trinajstić information content (AvgIpc) is 2.38. The fourth-order valence-electron chi connectivity index (χ4n) is 1.99. The molecule has 0 aromatic heterocycles. The van der Waals surface area contributed by atoms with Gasteiger partial charge in [0.25, 0.3) is 0 Å². The lowest BCUT2D eigenvalue weighted by molar-refractivity contribution is 0.303. The maximum absolute atomic E-state index is 5.96. The van der Waals surface area contributed by atoms with E-state index in [1.165, 1.54) is 5.56 Å². The van der Waals surface area contributed by atoms with Crippen molar-refractivity contribution in [3.63, 3.8) is 0 Å². The lowest BCUT2D eigenvalue weighted by Crippen LogP contribution is -2.05. The molecule has 0 heterocycles. The van der Waals surface area contributed by atoms with Crippen LogP contribution in [0.25, 0.3) is 0 Å². The fourth-order valence-corrected chi connectivity index (χ4v) is 2.20. The average molecular weight is 276 g/mol. The highest BCUT2D eigenvalue weighted by atomic mass is 35.5. The molecule has 2 N–H and O–H groups in total. The summed E-state index contributed by atoms with van der Waals surface area (Å²) in [5.74, 6) is 0.899. The molecule has 0 unspecified atom stereocenters. The van der Waals surface area contributed by atoms with Crippen molar-refractivity contribution < 1.29 is 4.74 Å². The van der Waals surface area contributed by atoms with Gasteiger partial charge in [0.05, 0.1) is 0 Å². The third kappa shape index (κ3) is 3.98. The normalized spacial score (nSPS) is 10.5. The van der Waals surface area contributed by atoms with E-state index < -0.39 is 0 Å². The predicted molar refractivity (Wildman–Crippen MR) is 79.7 cm³/mol. The van der Waals surface area contributed by atoms with Gasteiger partial charge in [0, 0.05) is 5.02 Å². The monoisotopic (exact) mass is 275 g/mol. The first kappa shape index (κ1) is 13.9. The number of hydrogen-bond acceptors (Lipinski definition) is 2. The minimum absolute atomic E-state index is 0.515. The summed E-state index contributed by atoms with van der Waals surface area (Å²) in [6.07, 6.45) is 0.826.